The van der Waals surface area contributed by atoms with E-state index in [4.69, 9.17) is 9.15 Å². The van der Waals surface area contributed by atoms with E-state index in [1.54, 1.807) is 7.11 Å². The summed E-state index contributed by atoms with van der Waals surface area (Å²) in [5, 5.41) is 3.53. The molecule has 21 heavy (non-hydrogen) atoms. The molecule has 0 saturated carbocycles. The van der Waals surface area contributed by atoms with Gasteiger partial charge in [0.2, 0.25) is 5.89 Å². The largest absolute Gasteiger partial charge is 0.497 e. The number of nitrogens with zero attached hydrogens (tertiary/aromatic N) is 1. The van der Waals surface area contributed by atoms with Crippen LogP contribution in [0.25, 0.3) is 0 Å². The normalized spacial score (nSPS) is 12.7. The molecule has 0 aliphatic carbocycles. The van der Waals surface area contributed by atoms with E-state index in [1.165, 1.54) is 5.56 Å². The lowest BCUT2D eigenvalue weighted by atomic mass is 9.96. The Morgan fingerprint density at radius 2 is 1.86 bits per heavy atom. The zero-order chi connectivity index (χ0) is 15.4. The molecule has 0 bridgehead atoms. The molecule has 4 heteroatoms. The summed E-state index contributed by atoms with van der Waals surface area (Å²) in [7, 11) is 1.68. The van der Waals surface area contributed by atoms with Crippen LogP contribution in [0.2, 0.25) is 0 Å². The van der Waals surface area contributed by atoms with E-state index in [0.29, 0.717) is 12.5 Å². The van der Waals surface area contributed by atoms with Crippen molar-refractivity contribution in [3.05, 3.63) is 47.2 Å². The molecule has 0 saturated heterocycles. The molecule has 0 aliphatic heterocycles. The summed E-state index contributed by atoms with van der Waals surface area (Å²) < 4.78 is 10.8. The van der Waals surface area contributed by atoms with Gasteiger partial charge >= 0.3 is 0 Å². The second-order valence-electron chi connectivity index (χ2n) is 5.62. The predicted octanol–water partition coefficient (Wildman–Crippen LogP) is 3.79. The fraction of sp³-hybridized carbons (Fsp3) is 0.471. The summed E-state index contributed by atoms with van der Waals surface area (Å²) in [6.45, 7) is 8.94. The van der Waals surface area contributed by atoms with Gasteiger partial charge in [0.15, 0.2) is 0 Å². The zero-order valence-electron chi connectivity index (χ0n) is 13.4. The van der Waals surface area contributed by atoms with Gasteiger partial charge in [-0.2, -0.15) is 0 Å². The Kier molecular flexibility index (Phi) is 5.02. The van der Waals surface area contributed by atoms with Crippen molar-refractivity contribution in [3.8, 4) is 5.75 Å². The van der Waals surface area contributed by atoms with Gasteiger partial charge in [0.1, 0.15) is 11.5 Å². The maximum atomic E-state index is 5.62. The van der Waals surface area contributed by atoms with Crippen molar-refractivity contribution in [1.82, 2.24) is 10.3 Å². The number of rotatable bonds is 6. The lowest BCUT2D eigenvalue weighted by Crippen LogP contribution is -2.25. The fourth-order valence-electron chi connectivity index (χ4n) is 2.36. The number of aryl methyl sites for hydroxylation is 2. The Hall–Kier alpha value is -1.81. The third-order valence-electron chi connectivity index (χ3n) is 3.69. The molecular formula is C17H24N2O2. The number of methoxy groups -OCH3 is 1. The molecule has 1 atom stereocenters. The first-order valence-corrected chi connectivity index (χ1v) is 7.31. The first kappa shape index (κ1) is 15.6. The van der Waals surface area contributed by atoms with Gasteiger partial charge in [-0.25, -0.2) is 4.98 Å². The quantitative estimate of drug-likeness (QED) is 0.878. The third-order valence-corrected chi connectivity index (χ3v) is 3.69. The average molecular weight is 288 g/mol. The van der Waals surface area contributed by atoms with Gasteiger partial charge in [0.25, 0.3) is 0 Å². The van der Waals surface area contributed by atoms with Crippen LogP contribution in [-0.2, 0) is 6.54 Å². The molecule has 1 aromatic carbocycles. The molecule has 0 fully saturated rings. The standard InChI is InChI=1S/C17H24N2O2/c1-11(2)17(14-6-8-15(20-5)9-7-14)18-10-16-19-12(3)13(4)21-16/h6-9,11,17-18H,10H2,1-5H3/t17-/m0/s1. The summed E-state index contributed by atoms with van der Waals surface area (Å²) >= 11 is 0. The van der Waals surface area contributed by atoms with Gasteiger partial charge in [0, 0.05) is 6.04 Å². The van der Waals surface area contributed by atoms with E-state index < -0.39 is 0 Å². The van der Waals surface area contributed by atoms with Gasteiger partial charge in [-0.05, 0) is 37.5 Å². The van der Waals surface area contributed by atoms with Gasteiger partial charge < -0.3 is 14.5 Å². The summed E-state index contributed by atoms with van der Waals surface area (Å²) in [5.74, 6) is 2.97. The van der Waals surface area contributed by atoms with Crippen LogP contribution in [0.3, 0.4) is 0 Å². The summed E-state index contributed by atoms with van der Waals surface area (Å²) in [6, 6.07) is 8.44. The number of oxazole rings is 1. The molecule has 0 spiro atoms. The number of benzene rings is 1. The number of hydrogen-bond donors (Lipinski definition) is 1. The lowest BCUT2D eigenvalue weighted by molar-refractivity contribution is 0.372. The molecule has 114 valence electrons. The van der Waals surface area contributed by atoms with E-state index in [0.717, 1.165) is 23.1 Å². The number of aromatic nitrogens is 1. The molecule has 0 amide bonds. The average Bonchev–Trinajstić information content (AvgIpc) is 2.78. The molecule has 4 nitrogen and oxygen atoms in total. The van der Waals surface area contributed by atoms with Crippen LogP contribution in [0.1, 0.15) is 42.8 Å². The molecule has 1 heterocycles. The van der Waals surface area contributed by atoms with Crippen LogP contribution in [0.4, 0.5) is 0 Å². The maximum absolute atomic E-state index is 5.62. The topological polar surface area (TPSA) is 47.3 Å². The minimum atomic E-state index is 0.253. The molecule has 2 rings (SSSR count). The van der Waals surface area contributed by atoms with Crippen LogP contribution in [0.15, 0.2) is 28.7 Å². The van der Waals surface area contributed by atoms with Crippen molar-refractivity contribution in [2.45, 2.75) is 40.3 Å². The van der Waals surface area contributed by atoms with Crippen LogP contribution in [0, 0.1) is 19.8 Å². The Balaban J connectivity index is 2.07. The Labute approximate surface area is 126 Å². The van der Waals surface area contributed by atoms with E-state index in [-0.39, 0.29) is 6.04 Å². The number of hydrogen-bond acceptors (Lipinski definition) is 4. The SMILES string of the molecule is COc1ccc([C@@H](NCc2nc(C)c(C)o2)C(C)C)cc1. The fourth-order valence-corrected chi connectivity index (χ4v) is 2.36. The molecule has 1 N–H and O–H groups in total. The van der Waals surface area contributed by atoms with Crippen LogP contribution >= 0.6 is 0 Å². The Morgan fingerprint density at radius 1 is 1.19 bits per heavy atom. The van der Waals surface area contributed by atoms with Crippen molar-refractivity contribution in [3.63, 3.8) is 0 Å². The highest BCUT2D eigenvalue weighted by molar-refractivity contribution is 5.29. The van der Waals surface area contributed by atoms with Crippen LogP contribution in [0.5, 0.6) is 5.75 Å². The Morgan fingerprint density at radius 3 is 2.33 bits per heavy atom. The summed E-state index contributed by atoms with van der Waals surface area (Å²) in [6.07, 6.45) is 0. The predicted molar refractivity (Wildman–Crippen MR) is 83.4 cm³/mol. The molecule has 0 aliphatic rings. The van der Waals surface area contributed by atoms with Crippen molar-refractivity contribution in [2.75, 3.05) is 7.11 Å². The van der Waals surface area contributed by atoms with Gasteiger partial charge in [-0.3, -0.25) is 0 Å². The van der Waals surface area contributed by atoms with E-state index in [9.17, 15) is 0 Å². The first-order valence-electron chi connectivity index (χ1n) is 7.31. The van der Waals surface area contributed by atoms with Gasteiger partial charge in [-0.15, -0.1) is 0 Å². The molecular weight excluding hydrogens is 264 g/mol. The lowest BCUT2D eigenvalue weighted by Gasteiger charge is -2.22. The van der Waals surface area contributed by atoms with Gasteiger partial charge in [0.05, 0.1) is 19.3 Å². The van der Waals surface area contributed by atoms with Crippen LogP contribution < -0.4 is 10.1 Å². The molecule has 2 aromatic rings. The number of ether oxygens (including phenoxy) is 1. The van der Waals surface area contributed by atoms with E-state index in [1.807, 2.05) is 26.0 Å². The smallest absolute Gasteiger partial charge is 0.208 e. The second kappa shape index (κ2) is 6.76. The third kappa shape index (κ3) is 3.85. The molecule has 0 unspecified atom stereocenters. The second-order valence-corrected chi connectivity index (χ2v) is 5.62. The Bertz CT molecular complexity index is 553. The van der Waals surface area contributed by atoms with Gasteiger partial charge in [-0.1, -0.05) is 26.0 Å². The van der Waals surface area contributed by atoms with Crippen molar-refractivity contribution in [1.29, 1.82) is 0 Å². The van der Waals surface area contributed by atoms with E-state index >= 15 is 0 Å². The highest BCUT2D eigenvalue weighted by atomic mass is 16.5. The van der Waals surface area contributed by atoms with E-state index in [2.05, 4.69) is 36.3 Å². The van der Waals surface area contributed by atoms with Crippen molar-refractivity contribution < 1.29 is 9.15 Å². The number of nitrogens with one attached hydrogen (secondary N) is 1. The highest BCUT2D eigenvalue weighted by Gasteiger charge is 2.16. The highest BCUT2D eigenvalue weighted by Crippen LogP contribution is 2.24. The zero-order valence-corrected chi connectivity index (χ0v) is 13.4. The molecule has 0 radical (unpaired) electrons. The summed E-state index contributed by atoms with van der Waals surface area (Å²) in [5.41, 5.74) is 2.20. The monoisotopic (exact) mass is 288 g/mol. The minimum Gasteiger partial charge on any atom is -0.497 e. The summed E-state index contributed by atoms with van der Waals surface area (Å²) in [4.78, 5) is 4.41. The minimum absolute atomic E-state index is 0.253. The first-order chi connectivity index (χ1) is 10.0. The van der Waals surface area contributed by atoms with Crippen LogP contribution in [-0.4, -0.2) is 12.1 Å². The molecule has 1 aromatic heterocycles. The van der Waals surface area contributed by atoms with Crippen molar-refractivity contribution in [2.24, 2.45) is 5.92 Å². The maximum Gasteiger partial charge on any atom is 0.208 e. The van der Waals surface area contributed by atoms with Crippen molar-refractivity contribution >= 4 is 0 Å².